The van der Waals surface area contributed by atoms with E-state index in [1.54, 1.807) is 24.0 Å². The third-order valence-electron chi connectivity index (χ3n) is 4.25. The maximum atomic E-state index is 12.6. The number of nitrogens with zero attached hydrogens (tertiary/aromatic N) is 5. The van der Waals surface area contributed by atoms with Crippen molar-refractivity contribution < 1.29 is 4.79 Å². The Morgan fingerprint density at radius 2 is 1.69 bits per heavy atom. The summed E-state index contributed by atoms with van der Waals surface area (Å²) in [5, 5.41) is 8.56. The normalized spacial score (nSPS) is 11.3. The van der Waals surface area contributed by atoms with Crippen molar-refractivity contribution in [1.29, 1.82) is 0 Å². The van der Waals surface area contributed by atoms with Gasteiger partial charge in [0.05, 0.1) is 11.4 Å². The van der Waals surface area contributed by atoms with E-state index in [2.05, 4.69) is 25.6 Å². The first-order valence-electron chi connectivity index (χ1n) is 9.05. The van der Waals surface area contributed by atoms with Crippen molar-refractivity contribution in [3.8, 4) is 17.1 Å². The minimum Gasteiger partial charge on any atom is -0.264 e. The first-order chi connectivity index (χ1) is 14.2. The Kier molecular flexibility index (Phi) is 5.20. The van der Waals surface area contributed by atoms with E-state index in [0.717, 1.165) is 16.8 Å². The van der Waals surface area contributed by atoms with Crippen LogP contribution < -0.4 is 5.43 Å². The van der Waals surface area contributed by atoms with Gasteiger partial charge in [-0.2, -0.15) is 5.10 Å². The molecule has 0 spiro atoms. The average Bonchev–Trinajstić information content (AvgIpc) is 3.25. The van der Waals surface area contributed by atoms with Crippen LogP contribution in [0.5, 0.6) is 0 Å². The first-order valence-corrected chi connectivity index (χ1v) is 9.05. The minimum atomic E-state index is -0.486. The van der Waals surface area contributed by atoms with Gasteiger partial charge in [-0.3, -0.25) is 9.78 Å². The quantitative estimate of drug-likeness (QED) is 0.423. The third-order valence-corrected chi connectivity index (χ3v) is 4.25. The number of para-hydroxylation sites is 1. The highest BCUT2D eigenvalue weighted by atomic mass is 16.2. The van der Waals surface area contributed by atoms with Crippen LogP contribution in [-0.2, 0) is 0 Å². The van der Waals surface area contributed by atoms with Gasteiger partial charge in [0.15, 0.2) is 5.82 Å². The predicted molar refractivity (Wildman–Crippen MR) is 111 cm³/mol. The number of rotatable bonds is 5. The molecule has 4 aromatic rings. The molecule has 7 nitrogen and oxygen atoms in total. The number of pyridine rings is 1. The van der Waals surface area contributed by atoms with E-state index >= 15 is 0 Å². The second-order valence-electron chi connectivity index (χ2n) is 6.25. The SMILES string of the molecule is C/C(=N\NC(=O)c1nc(-c2ccccc2)n(-c2ccccc2)n1)c1cccnc1. The molecule has 0 atom stereocenters. The Morgan fingerprint density at radius 3 is 2.38 bits per heavy atom. The van der Waals surface area contributed by atoms with E-state index in [1.165, 1.54) is 0 Å². The number of carbonyl (C=O) groups excluding carboxylic acids is 1. The Bertz CT molecular complexity index is 1080. The zero-order chi connectivity index (χ0) is 20.1. The molecular formula is C22H18N6O. The van der Waals surface area contributed by atoms with Crippen LogP contribution in [0.25, 0.3) is 17.1 Å². The third kappa shape index (κ3) is 4.08. The lowest BCUT2D eigenvalue weighted by Crippen LogP contribution is -2.21. The summed E-state index contributed by atoms with van der Waals surface area (Å²) >= 11 is 0. The average molecular weight is 382 g/mol. The highest BCUT2D eigenvalue weighted by Gasteiger charge is 2.18. The van der Waals surface area contributed by atoms with Crippen molar-refractivity contribution in [1.82, 2.24) is 25.2 Å². The molecule has 142 valence electrons. The summed E-state index contributed by atoms with van der Waals surface area (Å²) in [5.41, 5.74) is 5.65. The Hall–Kier alpha value is -4.13. The number of amides is 1. The zero-order valence-electron chi connectivity index (χ0n) is 15.7. The molecule has 0 aliphatic rings. The highest BCUT2D eigenvalue weighted by molar-refractivity contribution is 6.00. The molecule has 2 aromatic heterocycles. The van der Waals surface area contributed by atoms with Gasteiger partial charge in [0.1, 0.15) is 0 Å². The zero-order valence-corrected chi connectivity index (χ0v) is 15.7. The van der Waals surface area contributed by atoms with Crippen LogP contribution in [0.1, 0.15) is 23.1 Å². The molecule has 7 heteroatoms. The van der Waals surface area contributed by atoms with E-state index in [-0.39, 0.29) is 5.82 Å². The molecule has 0 saturated carbocycles. The van der Waals surface area contributed by atoms with Gasteiger partial charge in [-0.1, -0.05) is 54.6 Å². The number of aromatic nitrogens is 4. The number of hydrogen-bond donors (Lipinski definition) is 1. The second kappa shape index (κ2) is 8.26. The molecule has 2 heterocycles. The lowest BCUT2D eigenvalue weighted by molar-refractivity contribution is 0.0944. The van der Waals surface area contributed by atoms with Crippen molar-refractivity contribution in [2.75, 3.05) is 0 Å². The Morgan fingerprint density at radius 1 is 0.966 bits per heavy atom. The highest BCUT2D eigenvalue weighted by Crippen LogP contribution is 2.20. The number of benzene rings is 2. The molecule has 0 fully saturated rings. The molecule has 0 aliphatic carbocycles. The summed E-state index contributed by atoms with van der Waals surface area (Å²) in [6, 6.07) is 22.9. The van der Waals surface area contributed by atoms with Gasteiger partial charge in [0.25, 0.3) is 0 Å². The predicted octanol–water partition coefficient (Wildman–Crippen LogP) is 3.48. The van der Waals surface area contributed by atoms with Gasteiger partial charge < -0.3 is 0 Å². The molecule has 0 bridgehead atoms. The van der Waals surface area contributed by atoms with Crippen LogP contribution in [0.2, 0.25) is 0 Å². The van der Waals surface area contributed by atoms with Gasteiger partial charge in [0, 0.05) is 23.5 Å². The molecule has 0 saturated heterocycles. The molecule has 0 aliphatic heterocycles. The molecule has 1 N–H and O–H groups in total. The number of nitrogens with one attached hydrogen (secondary N) is 1. The second-order valence-corrected chi connectivity index (χ2v) is 6.25. The van der Waals surface area contributed by atoms with Gasteiger partial charge in [0.2, 0.25) is 5.82 Å². The molecule has 2 aromatic carbocycles. The Labute approximate surface area is 167 Å². The fourth-order valence-corrected chi connectivity index (χ4v) is 2.76. The standard InChI is InChI=1S/C22H18N6O/c1-16(18-11-8-14-23-15-18)25-26-22(29)20-24-21(17-9-4-2-5-10-17)28(27-20)19-12-6-3-7-13-19/h2-15H,1H3,(H,26,29)/b25-16+. The largest absolute Gasteiger partial charge is 0.311 e. The van der Waals surface area contributed by atoms with Gasteiger partial charge >= 0.3 is 5.91 Å². The van der Waals surface area contributed by atoms with Crippen molar-refractivity contribution in [2.24, 2.45) is 5.10 Å². The molecule has 0 radical (unpaired) electrons. The van der Waals surface area contributed by atoms with E-state index in [0.29, 0.717) is 11.5 Å². The first kappa shape index (κ1) is 18.2. The van der Waals surface area contributed by atoms with Crippen LogP contribution >= 0.6 is 0 Å². The Balaban J connectivity index is 1.66. The maximum absolute atomic E-state index is 12.6. The molecular weight excluding hydrogens is 364 g/mol. The summed E-state index contributed by atoms with van der Waals surface area (Å²) in [4.78, 5) is 21.2. The fraction of sp³-hybridized carbons (Fsp3) is 0.0455. The van der Waals surface area contributed by atoms with Crippen LogP contribution in [0.4, 0.5) is 0 Å². The van der Waals surface area contributed by atoms with Gasteiger partial charge in [-0.15, -0.1) is 5.10 Å². The van der Waals surface area contributed by atoms with Crippen molar-refractivity contribution in [3.63, 3.8) is 0 Å². The van der Waals surface area contributed by atoms with Crippen molar-refractivity contribution in [2.45, 2.75) is 6.92 Å². The number of carbonyl (C=O) groups is 1. The molecule has 29 heavy (non-hydrogen) atoms. The van der Waals surface area contributed by atoms with Crippen LogP contribution in [0, 0.1) is 0 Å². The molecule has 4 rings (SSSR count). The maximum Gasteiger partial charge on any atom is 0.311 e. The monoisotopic (exact) mass is 382 g/mol. The van der Waals surface area contributed by atoms with Gasteiger partial charge in [-0.25, -0.2) is 15.1 Å². The molecule has 1 amide bonds. The number of hydrogen-bond acceptors (Lipinski definition) is 5. The summed E-state index contributed by atoms with van der Waals surface area (Å²) in [6.07, 6.45) is 3.36. The lowest BCUT2D eigenvalue weighted by atomic mass is 10.2. The van der Waals surface area contributed by atoms with Crippen LogP contribution in [-0.4, -0.2) is 31.4 Å². The summed E-state index contributed by atoms with van der Waals surface area (Å²) in [7, 11) is 0. The smallest absolute Gasteiger partial charge is 0.264 e. The van der Waals surface area contributed by atoms with Crippen molar-refractivity contribution in [3.05, 3.63) is 96.6 Å². The van der Waals surface area contributed by atoms with E-state index in [1.807, 2.05) is 72.8 Å². The van der Waals surface area contributed by atoms with Crippen molar-refractivity contribution >= 4 is 11.6 Å². The van der Waals surface area contributed by atoms with E-state index in [4.69, 9.17) is 0 Å². The number of hydrazone groups is 1. The molecule has 0 unspecified atom stereocenters. The summed E-state index contributed by atoms with van der Waals surface area (Å²) in [6.45, 7) is 1.79. The fourth-order valence-electron chi connectivity index (χ4n) is 2.76. The van der Waals surface area contributed by atoms with E-state index < -0.39 is 5.91 Å². The van der Waals surface area contributed by atoms with Crippen LogP contribution in [0.3, 0.4) is 0 Å². The van der Waals surface area contributed by atoms with Crippen LogP contribution in [0.15, 0.2) is 90.3 Å². The summed E-state index contributed by atoms with van der Waals surface area (Å²) in [5.74, 6) is 0.130. The lowest BCUT2D eigenvalue weighted by Gasteiger charge is -2.05. The van der Waals surface area contributed by atoms with Gasteiger partial charge in [-0.05, 0) is 25.1 Å². The topological polar surface area (TPSA) is 85.1 Å². The summed E-state index contributed by atoms with van der Waals surface area (Å²) < 4.78 is 1.65. The minimum absolute atomic E-state index is 0.0374. The van der Waals surface area contributed by atoms with E-state index in [9.17, 15) is 4.79 Å².